The van der Waals surface area contributed by atoms with Crippen LogP contribution in [0.5, 0.6) is 0 Å². The molecule has 0 aliphatic carbocycles. The molecular formula is C10H11F3N. The van der Waals surface area contributed by atoms with Gasteiger partial charge in [0.05, 0.1) is 5.56 Å². The standard InChI is InChI=1S/C10H11F3N/c1-6(2)7-3-8(10(11,12)13)5-9(14)4-7/h3-5H,14H2,1-2H3. The molecule has 0 atom stereocenters. The van der Waals surface area contributed by atoms with Crippen LogP contribution in [0.3, 0.4) is 0 Å². The number of rotatable bonds is 1. The summed E-state index contributed by atoms with van der Waals surface area (Å²) in [5.41, 5.74) is 5.34. The lowest BCUT2D eigenvalue weighted by molar-refractivity contribution is -0.137. The summed E-state index contributed by atoms with van der Waals surface area (Å²) in [6.45, 7) is 3.49. The normalized spacial score (nSPS) is 12.1. The van der Waals surface area contributed by atoms with E-state index in [1.54, 1.807) is 13.8 Å². The number of nitrogen functional groups attached to an aromatic ring is 1. The summed E-state index contributed by atoms with van der Waals surface area (Å²) in [7, 11) is 0. The van der Waals surface area contributed by atoms with Gasteiger partial charge in [-0.2, -0.15) is 13.2 Å². The fraction of sp³-hybridized carbons (Fsp3) is 0.300. The van der Waals surface area contributed by atoms with Crippen LogP contribution in [0.4, 0.5) is 18.9 Å². The van der Waals surface area contributed by atoms with Gasteiger partial charge in [0.1, 0.15) is 0 Å². The second-order valence-corrected chi connectivity index (χ2v) is 3.34. The van der Waals surface area contributed by atoms with Gasteiger partial charge in [-0.25, -0.2) is 0 Å². The third kappa shape index (κ3) is 2.40. The predicted octanol–water partition coefficient (Wildman–Crippen LogP) is 3.25. The fourth-order valence-corrected chi connectivity index (χ4v) is 1.10. The van der Waals surface area contributed by atoms with E-state index in [0.29, 0.717) is 5.56 Å². The van der Waals surface area contributed by atoms with Crippen molar-refractivity contribution in [3.05, 3.63) is 35.2 Å². The molecule has 1 aromatic carbocycles. The van der Waals surface area contributed by atoms with Crippen molar-refractivity contribution in [3.8, 4) is 0 Å². The van der Waals surface area contributed by atoms with Gasteiger partial charge in [0.2, 0.25) is 0 Å². The van der Waals surface area contributed by atoms with Gasteiger partial charge in [0.15, 0.2) is 0 Å². The van der Waals surface area contributed by atoms with Crippen molar-refractivity contribution in [3.63, 3.8) is 0 Å². The maximum absolute atomic E-state index is 12.3. The second kappa shape index (κ2) is 3.52. The minimum atomic E-state index is -4.33. The van der Waals surface area contributed by atoms with Crippen molar-refractivity contribution in [2.24, 2.45) is 0 Å². The highest BCUT2D eigenvalue weighted by Crippen LogP contribution is 2.32. The number of halogens is 3. The summed E-state index contributed by atoms with van der Waals surface area (Å²) in [5.74, 6) is 0.808. The Hall–Kier alpha value is -1.19. The molecule has 0 aromatic heterocycles. The Bertz CT molecular complexity index is 329. The molecule has 0 bridgehead atoms. The largest absolute Gasteiger partial charge is 0.416 e. The molecule has 0 saturated carbocycles. The van der Waals surface area contributed by atoms with Gasteiger partial charge >= 0.3 is 6.18 Å². The zero-order valence-electron chi connectivity index (χ0n) is 7.94. The number of hydrogen-bond donors (Lipinski definition) is 1. The summed E-state index contributed by atoms with van der Waals surface area (Å²) in [5, 5.41) is 0. The lowest BCUT2D eigenvalue weighted by Crippen LogP contribution is -2.07. The van der Waals surface area contributed by atoms with Gasteiger partial charge in [0.25, 0.3) is 0 Å². The van der Waals surface area contributed by atoms with E-state index >= 15 is 0 Å². The van der Waals surface area contributed by atoms with Crippen LogP contribution in [-0.4, -0.2) is 0 Å². The van der Waals surface area contributed by atoms with Crippen LogP contribution in [0.2, 0.25) is 0 Å². The average molecular weight is 202 g/mol. The lowest BCUT2D eigenvalue weighted by Gasteiger charge is -2.11. The third-order valence-corrected chi connectivity index (χ3v) is 1.86. The number of benzene rings is 1. The van der Waals surface area contributed by atoms with Crippen molar-refractivity contribution in [2.45, 2.75) is 20.0 Å². The lowest BCUT2D eigenvalue weighted by atomic mass is 10.00. The van der Waals surface area contributed by atoms with E-state index in [4.69, 9.17) is 5.73 Å². The maximum atomic E-state index is 12.3. The van der Waals surface area contributed by atoms with Gasteiger partial charge < -0.3 is 5.73 Å². The predicted molar refractivity (Wildman–Crippen MR) is 49.5 cm³/mol. The molecule has 14 heavy (non-hydrogen) atoms. The number of anilines is 1. The highest BCUT2D eigenvalue weighted by atomic mass is 19.4. The molecule has 0 spiro atoms. The Morgan fingerprint density at radius 2 is 1.71 bits per heavy atom. The Labute approximate surface area is 80.7 Å². The molecule has 2 N–H and O–H groups in total. The maximum Gasteiger partial charge on any atom is 0.416 e. The first-order chi connectivity index (χ1) is 6.30. The second-order valence-electron chi connectivity index (χ2n) is 3.34. The van der Waals surface area contributed by atoms with E-state index < -0.39 is 11.7 Å². The van der Waals surface area contributed by atoms with Crippen LogP contribution < -0.4 is 5.73 Å². The molecule has 1 rings (SSSR count). The Morgan fingerprint density at radius 3 is 2.14 bits per heavy atom. The molecule has 0 heterocycles. The number of nitrogens with two attached hydrogens (primary N) is 1. The topological polar surface area (TPSA) is 26.0 Å². The SMILES string of the molecule is C[C](C)c1cc(N)cc(C(F)(F)F)c1. The molecule has 1 radical (unpaired) electrons. The number of hydrogen-bond acceptors (Lipinski definition) is 1. The molecule has 0 saturated heterocycles. The molecule has 1 nitrogen and oxygen atoms in total. The van der Waals surface area contributed by atoms with Crippen molar-refractivity contribution in [1.82, 2.24) is 0 Å². The Kier molecular flexibility index (Phi) is 2.73. The van der Waals surface area contributed by atoms with E-state index in [-0.39, 0.29) is 5.69 Å². The van der Waals surface area contributed by atoms with E-state index in [0.717, 1.165) is 18.1 Å². The van der Waals surface area contributed by atoms with Crippen molar-refractivity contribution in [1.29, 1.82) is 0 Å². The molecular weight excluding hydrogens is 191 g/mol. The van der Waals surface area contributed by atoms with Gasteiger partial charge in [0, 0.05) is 5.69 Å². The van der Waals surface area contributed by atoms with E-state index in [1.807, 2.05) is 0 Å². The van der Waals surface area contributed by atoms with E-state index in [9.17, 15) is 13.2 Å². The zero-order chi connectivity index (χ0) is 10.9. The van der Waals surface area contributed by atoms with E-state index in [1.165, 1.54) is 6.07 Å². The monoisotopic (exact) mass is 202 g/mol. The third-order valence-electron chi connectivity index (χ3n) is 1.86. The summed E-state index contributed by atoms with van der Waals surface area (Å²) >= 11 is 0. The van der Waals surface area contributed by atoms with Crippen LogP contribution in [0.25, 0.3) is 0 Å². The quantitative estimate of drug-likeness (QED) is 0.695. The average Bonchev–Trinajstić information content (AvgIpc) is 2.01. The van der Waals surface area contributed by atoms with Crippen LogP contribution in [0, 0.1) is 5.92 Å². The van der Waals surface area contributed by atoms with Crippen LogP contribution >= 0.6 is 0 Å². The first kappa shape index (κ1) is 10.9. The van der Waals surface area contributed by atoms with Crippen LogP contribution in [-0.2, 0) is 6.18 Å². The minimum Gasteiger partial charge on any atom is -0.399 e. The van der Waals surface area contributed by atoms with Gasteiger partial charge in [-0.15, -0.1) is 0 Å². The number of alkyl halides is 3. The molecule has 4 heteroatoms. The van der Waals surface area contributed by atoms with Crippen molar-refractivity contribution >= 4 is 5.69 Å². The molecule has 0 aliphatic heterocycles. The highest BCUT2D eigenvalue weighted by Gasteiger charge is 2.31. The van der Waals surface area contributed by atoms with Crippen LogP contribution in [0.1, 0.15) is 25.0 Å². The summed E-state index contributed by atoms with van der Waals surface area (Å²) in [6.07, 6.45) is -4.33. The molecule has 77 valence electrons. The summed E-state index contributed by atoms with van der Waals surface area (Å²) in [6, 6.07) is 3.57. The minimum absolute atomic E-state index is 0.135. The van der Waals surface area contributed by atoms with Crippen molar-refractivity contribution < 1.29 is 13.2 Å². The molecule has 1 aromatic rings. The molecule has 0 unspecified atom stereocenters. The fourth-order valence-electron chi connectivity index (χ4n) is 1.10. The Balaban J connectivity index is 3.21. The van der Waals surface area contributed by atoms with Crippen molar-refractivity contribution in [2.75, 3.05) is 5.73 Å². The molecule has 0 amide bonds. The summed E-state index contributed by atoms with van der Waals surface area (Å²) in [4.78, 5) is 0. The van der Waals surface area contributed by atoms with Gasteiger partial charge in [-0.1, -0.05) is 13.8 Å². The highest BCUT2D eigenvalue weighted by molar-refractivity contribution is 5.49. The Morgan fingerprint density at radius 1 is 1.14 bits per heavy atom. The van der Waals surface area contributed by atoms with E-state index in [2.05, 4.69) is 0 Å². The molecule has 0 aliphatic rings. The molecule has 0 fully saturated rings. The first-order valence-corrected chi connectivity index (χ1v) is 4.09. The first-order valence-electron chi connectivity index (χ1n) is 4.09. The smallest absolute Gasteiger partial charge is 0.399 e. The van der Waals surface area contributed by atoms with Gasteiger partial charge in [-0.05, 0) is 29.7 Å². The summed E-state index contributed by atoms with van der Waals surface area (Å²) < 4.78 is 37.0. The zero-order valence-corrected chi connectivity index (χ0v) is 7.94. The van der Waals surface area contributed by atoms with Crippen LogP contribution in [0.15, 0.2) is 18.2 Å². The van der Waals surface area contributed by atoms with Gasteiger partial charge in [-0.3, -0.25) is 0 Å².